The minimum absolute atomic E-state index is 0.0492. The van der Waals surface area contributed by atoms with Gasteiger partial charge in [0.15, 0.2) is 5.78 Å². The van der Waals surface area contributed by atoms with Crippen LogP contribution in [-0.4, -0.2) is 22.1 Å². The van der Waals surface area contributed by atoms with E-state index >= 15 is 0 Å². The Morgan fingerprint density at radius 2 is 2.46 bits per heavy atom. The number of aromatic nitrogens is 2. The molecule has 4 nitrogen and oxygen atoms in total. The number of rotatable bonds is 4. The Hall–Kier alpha value is -0.870. The standard InChI is InChI=1S/C8H12ClN3O/c1-2-12-8(6(9)5-11-12)7(13)3-4-10/h5H,2-4,10H2,1H3. The van der Waals surface area contributed by atoms with Gasteiger partial charge in [-0.15, -0.1) is 0 Å². The number of hydrogen-bond donors (Lipinski definition) is 1. The third-order valence-electron chi connectivity index (χ3n) is 1.73. The maximum absolute atomic E-state index is 11.5. The van der Waals surface area contributed by atoms with E-state index in [9.17, 15) is 4.79 Å². The van der Waals surface area contributed by atoms with E-state index in [4.69, 9.17) is 17.3 Å². The highest BCUT2D eigenvalue weighted by molar-refractivity contribution is 6.33. The third-order valence-corrected chi connectivity index (χ3v) is 2.01. The zero-order valence-corrected chi connectivity index (χ0v) is 8.21. The van der Waals surface area contributed by atoms with E-state index in [0.29, 0.717) is 30.2 Å². The molecule has 1 aromatic rings. The maximum Gasteiger partial charge on any atom is 0.183 e. The van der Waals surface area contributed by atoms with Crippen LogP contribution in [0.3, 0.4) is 0 Å². The predicted octanol–water partition coefficient (Wildman–Crippen LogP) is 1.09. The minimum Gasteiger partial charge on any atom is -0.330 e. The van der Waals surface area contributed by atoms with Crippen LogP contribution in [0, 0.1) is 0 Å². The second kappa shape index (κ2) is 4.39. The first-order valence-electron chi connectivity index (χ1n) is 4.15. The normalized spacial score (nSPS) is 10.4. The Bertz CT molecular complexity index is 308. The number of carbonyl (C=O) groups excluding carboxylic acids is 1. The summed E-state index contributed by atoms with van der Waals surface area (Å²) in [6.45, 7) is 2.88. The molecule has 1 aromatic heterocycles. The number of nitrogens with zero attached hydrogens (tertiary/aromatic N) is 2. The maximum atomic E-state index is 11.5. The van der Waals surface area contributed by atoms with Crippen LogP contribution in [0.4, 0.5) is 0 Å². The van der Waals surface area contributed by atoms with Crippen molar-refractivity contribution in [2.75, 3.05) is 6.54 Å². The molecule has 0 saturated heterocycles. The molecule has 2 N–H and O–H groups in total. The third kappa shape index (κ3) is 2.08. The Kier molecular flexibility index (Phi) is 3.45. The second-order valence-electron chi connectivity index (χ2n) is 2.62. The lowest BCUT2D eigenvalue weighted by Crippen LogP contribution is -2.13. The van der Waals surface area contributed by atoms with Crippen LogP contribution < -0.4 is 5.73 Å². The molecule has 1 rings (SSSR count). The van der Waals surface area contributed by atoms with Crippen molar-refractivity contribution >= 4 is 17.4 Å². The fourth-order valence-corrected chi connectivity index (χ4v) is 1.38. The van der Waals surface area contributed by atoms with Crippen LogP contribution in [0.2, 0.25) is 5.02 Å². The summed E-state index contributed by atoms with van der Waals surface area (Å²) in [6.07, 6.45) is 1.79. The first-order chi connectivity index (χ1) is 6.20. The summed E-state index contributed by atoms with van der Waals surface area (Å²) in [4.78, 5) is 11.5. The molecule has 0 aliphatic rings. The lowest BCUT2D eigenvalue weighted by atomic mass is 10.2. The largest absolute Gasteiger partial charge is 0.330 e. The van der Waals surface area contributed by atoms with Crippen LogP contribution in [0.25, 0.3) is 0 Å². The van der Waals surface area contributed by atoms with Gasteiger partial charge in [0, 0.05) is 13.0 Å². The van der Waals surface area contributed by atoms with Crippen molar-refractivity contribution in [3.63, 3.8) is 0 Å². The van der Waals surface area contributed by atoms with E-state index in [-0.39, 0.29) is 5.78 Å². The van der Waals surface area contributed by atoms with Crippen molar-refractivity contribution in [3.8, 4) is 0 Å². The van der Waals surface area contributed by atoms with Crippen molar-refractivity contribution in [1.82, 2.24) is 9.78 Å². The van der Waals surface area contributed by atoms with Gasteiger partial charge in [-0.2, -0.15) is 5.10 Å². The van der Waals surface area contributed by atoms with Gasteiger partial charge in [-0.05, 0) is 13.5 Å². The molecule has 1 heterocycles. The molecule has 72 valence electrons. The van der Waals surface area contributed by atoms with Gasteiger partial charge < -0.3 is 5.73 Å². The number of ketones is 1. The Labute approximate surface area is 81.7 Å². The minimum atomic E-state index is -0.0492. The number of aryl methyl sites for hydroxylation is 1. The lowest BCUT2D eigenvalue weighted by molar-refractivity contribution is 0.0975. The fraction of sp³-hybridized carbons (Fsp3) is 0.500. The quantitative estimate of drug-likeness (QED) is 0.742. The molecular weight excluding hydrogens is 190 g/mol. The summed E-state index contributed by atoms with van der Waals surface area (Å²) in [5.41, 5.74) is 5.75. The van der Waals surface area contributed by atoms with E-state index in [0.717, 1.165) is 0 Å². The molecule has 0 aliphatic carbocycles. The van der Waals surface area contributed by atoms with Crippen molar-refractivity contribution in [2.24, 2.45) is 5.73 Å². The highest BCUT2D eigenvalue weighted by Gasteiger charge is 2.15. The number of halogens is 1. The average Bonchev–Trinajstić information content (AvgIpc) is 2.47. The predicted molar refractivity (Wildman–Crippen MR) is 50.9 cm³/mol. The summed E-state index contributed by atoms with van der Waals surface area (Å²) < 4.78 is 1.58. The Morgan fingerprint density at radius 1 is 1.77 bits per heavy atom. The number of carbonyl (C=O) groups is 1. The molecule has 0 saturated carbocycles. The summed E-state index contributed by atoms with van der Waals surface area (Å²) in [5.74, 6) is -0.0492. The highest BCUT2D eigenvalue weighted by atomic mass is 35.5. The summed E-state index contributed by atoms with van der Waals surface area (Å²) in [6, 6.07) is 0. The Morgan fingerprint density at radius 3 is 3.00 bits per heavy atom. The number of Topliss-reactive ketones (excluding diaryl/α,β-unsaturated/α-hetero) is 1. The zero-order valence-electron chi connectivity index (χ0n) is 7.46. The molecule has 0 atom stereocenters. The molecule has 0 aromatic carbocycles. The van der Waals surface area contributed by atoms with Gasteiger partial charge in [0.25, 0.3) is 0 Å². The van der Waals surface area contributed by atoms with E-state index in [1.807, 2.05) is 6.92 Å². The highest BCUT2D eigenvalue weighted by Crippen LogP contribution is 2.16. The topological polar surface area (TPSA) is 60.9 Å². The smallest absolute Gasteiger partial charge is 0.183 e. The molecular formula is C8H12ClN3O. The molecule has 0 unspecified atom stereocenters. The fourth-order valence-electron chi connectivity index (χ4n) is 1.13. The van der Waals surface area contributed by atoms with Gasteiger partial charge in [0.2, 0.25) is 0 Å². The molecule has 0 fully saturated rings. The lowest BCUT2D eigenvalue weighted by Gasteiger charge is -2.02. The molecule has 0 aliphatic heterocycles. The molecule has 0 radical (unpaired) electrons. The van der Waals surface area contributed by atoms with E-state index in [2.05, 4.69) is 5.10 Å². The molecule has 13 heavy (non-hydrogen) atoms. The Balaban J connectivity index is 2.96. The molecule has 0 amide bonds. The van der Waals surface area contributed by atoms with Crippen molar-refractivity contribution < 1.29 is 4.79 Å². The van der Waals surface area contributed by atoms with Crippen LogP contribution in [-0.2, 0) is 6.54 Å². The van der Waals surface area contributed by atoms with E-state index < -0.39 is 0 Å². The zero-order chi connectivity index (χ0) is 9.84. The summed E-state index contributed by atoms with van der Waals surface area (Å²) in [7, 11) is 0. The summed E-state index contributed by atoms with van der Waals surface area (Å²) >= 11 is 5.81. The molecule has 0 bridgehead atoms. The molecule has 0 spiro atoms. The second-order valence-corrected chi connectivity index (χ2v) is 3.03. The van der Waals surface area contributed by atoms with Gasteiger partial charge in [-0.3, -0.25) is 9.48 Å². The van der Waals surface area contributed by atoms with Gasteiger partial charge >= 0.3 is 0 Å². The molecule has 5 heteroatoms. The van der Waals surface area contributed by atoms with Gasteiger partial charge in [0.1, 0.15) is 5.69 Å². The van der Waals surface area contributed by atoms with Crippen molar-refractivity contribution in [3.05, 3.63) is 16.9 Å². The first-order valence-corrected chi connectivity index (χ1v) is 4.53. The van der Waals surface area contributed by atoms with Gasteiger partial charge in [-0.1, -0.05) is 11.6 Å². The van der Waals surface area contributed by atoms with Crippen LogP contribution in [0.15, 0.2) is 6.20 Å². The van der Waals surface area contributed by atoms with Crippen LogP contribution >= 0.6 is 11.6 Å². The number of hydrogen-bond acceptors (Lipinski definition) is 3. The number of nitrogens with two attached hydrogens (primary N) is 1. The van der Waals surface area contributed by atoms with Gasteiger partial charge in [0.05, 0.1) is 11.2 Å². The van der Waals surface area contributed by atoms with Gasteiger partial charge in [-0.25, -0.2) is 0 Å². The SMILES string of the molecule is CCn1ncc(Cl)c1C(=O)CCN. The van der Waals surface area contributed by atoms with Crippen molar-refractivity contribution in [1.29, 1.82) is 0 Å². The summed E-state index contributed by atoms with van der Waals surface area (Å²) in [5, 5.41) is 4.36. The first kappa shape index (κ1) is 10.2. The van der Waals surface area contributed by atoms with Crippen LogP contribution in [0.1, 0.15) is 23.8 Å². The van der Waals surface area contributed by atoms with Crippen molar-refractivity contribution in [2.45, 2.75) is 19.9 Å². The van der Waals surface area contributed by atoms with E-state index in [1.165, 1.54) is 6.20 Å². The monoisotopic (exact) mass is 201 g/mol. The average molecular weight is 202 g/mol. The van der Waals surface area contributed by atoms with E-state index in [1.54, 1.807) is 4.68 Å². The van der Waals surface area contributed by atoms with Crippen LogP contribution in [0.5, 0.6) is 0 Å².